The molecule has 4 nitrogen and oxygen atoms in total. The minimum Gasteiger partial charge on any atom is -0.507 e. The molecule has 0 bridgehead atoms. The van der Waals surface area contributed by atoms with Crippen LogP contribution < -0.4 is 5.63 Å². The Morgan fingerprint density at radius 2 is 2.05 bits per heavy atom. The molecule has 4 heteroatoms. The summed E-state index contributed by atoms with van der Waals surface area (Å²) in [5.41, 5.74) is 0.725. The molecule has 0 aliphatic heterocycles. The van der Waals surface area contributed by atoms with Gasteiger partial charge >= 0.3 is 5.63 Å². The van der Waals surface area contributed by atoms with Crippen LogP contribution in [0.25, 0.3) is 21.7 Å². The van der Waals surface area contributed by atoms with Crippen molar-refractivity contribution in [3.8, 4) is 11.8 Å². The molecule has 0 saturated carbocycles. The van der Waals surface area contributed by atoms with E-state index in [1.54, 1.807) is 30.3 Å². The number of para-hydroxylation sites is 1. The second-order valence-electron chi connectivity index (χ2n) is 4.53. The molecule has 3 aromatic rings. The Morgan fingerprint density at radius 3 is 2.75 bits per heavy atom. The molecule has 3 rings (SSSR count). The van der Waals surface area contributed by atoms with Crippen LogP contribution in [-0.4, -0.2) is 5.11 Å². The van der Waals surface area contributed by atoms with Crippen LogP contribution in [0.2, 0.25) is 0 Å². The zero-order valence-corrected chi connectivity index (χ0v) is 10.8. The molecular formula is C16H11NO3. The molecule has 0 fully saturated rings. The van der Waals surface area contributed by atoms with E-state index in [0.29, 0.717) is 33.9 Å². The molecule has 1 heterocycles. The van der Waals surface area contributed by atoms with Gasteiger partial charge in [-0.05, 0) is 24.1 Å². The third-order valence-electron chi connectivity index (χ3n) is 3.44. The van der Waals surface area contributed by atoms with Gasteiger partial charge in [0.2, 0.25) is 0 Å². The maximum absolute atomic E-state index is 12.1. The number of phenols is 1. The first-order valence-corrected chi connectivity index (χ1v) is 6.27. The van der Waals surface area contributed by atoms with Gasteiger partial charge in [-0.25, -0.2) is 4.79 Å². The predicted molar refractivity (Wildman–Crippen MR) is 75.7 cm³/mol. The highest BCUT2D eigenvalue weighted by molar-refractivity contribution is 6.09. The van der Waals surface area contributed by atoms with Crippen molar-refractivity contribution in [3.05, 3.63) is 51.9 Å². The summed E-state index contributed by atoms with van der Waals surface area (Å²) in [6.45, 7) is 1.85. The average molecular weight is 265 g/mol. The lowest BCUT2D eigenvalue weighted by molar-refractivity contribution is 0.471. The first-order chi connectivity index (χ1) is 9.67. The van der Waals surface area contributed by atoms with E-state index < -0.39 is 5.63 Å². The molecule has 0 aliphatic carbocycles. The zero-order valence-electron chi connectivity index (χ0n) is 10.8. The first-order valence-electron chi connectivity index (χ1n) is 6.27. The second-order valence-corrected chi connectivity index (χ2v) is 4.53. The molecule has 0 saturated heterocycles. The number of aryl methyl sites for hydroxylation is 1. The van der Waals surface area contributed by atoms with Gasteiger partial charge in [0.25, 0.3) is 0 Å². The average Bonchev–Trinajstić information content (AvgIpc) is 2.47. The van der Waals surface area contributed by atoms with E-state index in [2.05, 4.69) is 6.07 Å². The lowest BCUT2D eigenvalue weighted by atomic mass is 9.97. The Morgan fingerprint density at radius 1 is 1.30 bits per heavy atom. The fourth-order valence-corrected chi connectivity index (χ4v) is 2.48. The Labute approximate surface area is 114 Å². The van der Waals surface area contributed by atoms with Crippen molar-refractivity contribution in [2.45, 2.75) is 13.3 Å². The number of hydrogen-bond donors (Lipinski definition) is 1. The molecule has 1 aromatic heterocycles. The van der Waals surface area contributed by atoms with Gasteiger partial charge in [-0.2, -0.15) is 5.26 Å². The normalized spacial score (nSPS) is 10.8. The third-order valence-corrected chi connectivity index (χ3v) is 3.44. The number of hydrogen-bond acceptors (Lipinski definition) is 4. The topological polar surface area (TPSA) is 74.2 Å². The van der Waals surface area contributed by atoms with Crippen molar-refractivity contribution in [2.24, 2.45) is 0 Å². The van der Waals surface area contributed by atoms with Gasteiger partial charge in [0.15, 0.2) is 0 Å². The SMILES string of the molecule is CCc1cc(C#N)c2c(c1O)c(=O)oc1ccccc12. The predicted octanol–water partition coefficient (Wildman–Crippen LogP) is 3.09. The van der Waals surface area contributed by atoms with Crippen molar-refractivity contribution < 1.29 is 9.52 Å². The summed E-state index contributed by atoms with van der Waals surface area (Å²) in [7, 11) is 0. The van der Waals surface area contributed by atoms with Crippen molar-refractivity contribution in [1.29, 1.82) is 5.26 Å². The van der Waals surface area contributed by atoms with E-state index in [1.165, 1.54) is 0 Å². The van der Waals surface area contributed by atoms with Crippen LogP contribution in [0.1, 0.15) is 18.1 Å². The summed E-state index contributed by atoms with van der Waals surface area (Å²) in [4.78, 5) is 12.1. The van der Waals surface area contributed by atoms with Crippen LogP contribution in [0.15, 0.2) is 39.5 Å². The Hall–Kier alpha value is -2.80. The van der Waals surface area contributed by atoms with E-state index in [1.807, 2.05) is 6.92 Å². The maximum Gasteiger partial charge on any atom is 0.348 e. The summed E-state index contributed by atoms with van der Waals surface area (Å²) in [5, 5.41) is 20.8. The highest BCUT2D eigenvalue weighted by atomic mass is 16.4. The second kappa shape index (κ2) is 4.39. The first kappa shape index (κ1) is 12.2. The highest BCUT2D eigenvalue weighted by Gasteiger charge is 2.17. The molecule has 0 amide bonds. The maximum atomic E-state index is 12.1. The van der Waals surface area contributed by atoms with Gasteiger partial charge in [-0.15, -0.1) is 0 Å². The van der Waals surface area contributed by atoms with Crippen LogP contribution in [-0.2, 0) is 6.42 Å². The molecule has 0 aliphatic rings. The lowest BCUT2D eigenvalue weighted by Crippen LogP contribution is -2.03. The molecule has 0 unspecified atom stereocenters. The summed E-state index contributed by atoms with van der Waals surface area (Å²) in [5.74, 6) is -0.0963. The largest absolute Gasteiger partial charge is 0.507 e. The number of benzene rings is 2. The molecule has 20 heavy (non-hydrogen) atoms. The molecule has 0 spiro atoms. The molecule has 98 valence electrons. The van der Waals surface area contributed by atoms with Gasteiger partial charge in [-0.3, -0.25) is 0 Å². The van der Waals surface area contributed by atoms with E-state index in [-0.39, 0.29) is 11.1 Å². The molecule has 1 N–H and O–H groups in total. The van der Waals surface area contributed by atoms with Crippen molar-refractivity contribution in [1.82, 2.24) is 0 Å². The van der Waals surface area contributed by atoms with Crippen LogP contribution >= 0.6 is 0 Å². The van der Waals surface area contributed by atoms with E-state index in [4.69, 9.17) is 4.42 Å². The molecule has 0 atom stereocenters. The Balaban J connectivity index is 2.70. The fourth-order valence-electron chi connectivity index (χ4n) is 2.48. The van der Waals surface area contributed by atoms with Gasteiger partial charge < -0.3 is 9.52 Å². The Bertz CT molecular complexity index is 932. The molecular weight excluding hydrogens is 254 g/mol. The number of fused-ring (bicyclic) bond motifs is 3. The van der Waals surface area contributed by atoms with Gasteiger partial charge in [-0.1, -0.05) is 25.1 Å². The smallest absolute Gasteiger partial charge is 0.348 e. The fraction of sp³-hybridized carbons (Fsp3) is 0.125. The van der Waals surface area contributed by atoms with E-state index in [0.717, 1.165) is 0 Å². The van der Waals surface area contributed by atoms with Crippen molar-refractivity contribution in [3.63, 3.8) is 0 Å². The number of aromatic hydroxyl groups is 1. The van der Waals surface area contributed by atoms with Gasteiger partial charge in [0.05, 0.1) is 11.6 Å². The van der Waals surface area contributed by atoms with Crippen LogP contribution in [0.4, 0.5) is 0 Å². The number of nitrogens with zero attached hydrogens (tertiary/aromatic N) is 1. The monoisotopic (exact) mass is 265 g/mol. The quantitative estimate of drug-likeness (QED) is 0.542. The third kappa shape index (κ3) is 1.57. The van der Waals surface area contributed by atoms with Crippen LogP contribution in [0.3, 0.4) is 0 Å². The summed E-state index contributed by atoms with van der Waals surface area (Å²) in [6, 6.07) is 10.7. The van der Waals surface area contributed by atoms with Crippen molar-refractivity contribution in [2.75, 3.05) is 0 Å². The van der Waals surface area contributed by atoms with Crippen molar-refractivity contribution >= 4 is 21.7 Å². The number of rotatable bonds is 1. The Kier molecular flexibility index (Phi) is 2.69. The molecule has 2 aromatic carbocycles. The summed E-state index contributed by atoms with van der Waals surface area (Å²) in [6.07, 6.45) is 0.530. The minimum absolute atomic E-state index is 0.0830. The summed E-state index contributed by atoms with van der Waals surface area (Å²) < 4.78 is 5.23. The molecule has 0 radical (unpaired) electrons. The van der Waals surface area contributed by atoms with Crippen LogP contribution in [0.5, 0.6) is 5.75 Å². The van der Waals surface area contributed by atoms with E-state index >= 15 is 0 Å². The summed E-state index contributed by atoms with van der Waals surface area (Å²) >= 11 is 0. The van der Waals surface area contributed by atoms with Crippen LogP contribution in [0, 0.1) is 11.3 Å². The number of phenolic OH excluding ortho intramolecular Hbond substituents is 1. The van der Waals surface area contributed by atoms with Gasteiger partial charge in [0.1, 0.15) is 16.7 Å². The standard InChI is InChI=1S/C16H11NO3/c1-2-9-7-10(8-17)13-11-5-3-4-6-12(11)20-16(19)14(13)15(9)18/h3-7,18H,2H2,1H3. The van der Waals surface area contributed by atoms with E-state index in [9.17, 15) is 15.2 Å². The highest BCUT2D eigenvalue weighted by Crippen LogP contribution is 2.34. The number of nitriles is 1. The van der Waals surface area contributed by atoms with Gasteiger partial charge in [0, 0.05) is 10.8 Å². The minimum atomic E-state index is -0.622. The zero-order chi connectivity index (χ0) is 14.3. The lowest BCUT2D eigenvalue weighted by Gasteiger charge is -2.09.